The third-order valence-electron chi connectivity index (χ3n) is 5.09. The third kappa shape index (κ3) is 5.05. The van der Waals surface area contributed by atoms with Crippen LogP contribution in [0.15, 0.2) is 66.7 Å². The Morgan fingerprint density at radius 3 is 2.61 bits per heavy atom. The molecule has 31 heavy (non-hydrogen) atoms. The van der Waals surface area contributed by atoms with Crippen LogP contribution in [-0.4, -0.2) is 28.5 Å². The van der Waals surface area contributed by atoms with E-state index in [0.717, 1.165) is 16.0 Å². The highest BCUT2D eigenvalue weighted by Gasteiger charge is 2.32. The van der Waals surface area contributed by atoms with Gasteiger partial charge >= 0.3 is 11.9 Å². The number of thiophene rings is 1. The molecule has 3 aromatic rings. The summed E-state index contributed by atoms with van der Waals surface area (Å²) in [7, 11) is 0. The highest BCUT2D eigenvalue weighted by atomic mass is 35.5. The molecule has 1 unspecified atom stereocenters. The molecular formula is C24H20ClNO4S. The predicted octanol–water partition coefficient (Wildman–Crippen LogP) is 5.20. The number of halogens is 1. The molecule has 0 radical (unpaired) electrons. The van der Waals surface area contributed by atoms with E-state index < -0.39 is 18.0 Å². The van der Waals surface area contributed by atoms with Gasteiger partial charge in [0.1, 0.15) is 6.04 Å². The second kappa shape index (κ2) is 9.47. The second-order valence-electron chi connectivity index (χ2n) is 7.16. The van der Waals surface area contributed by atoms with E-state index in [2.05, 4.69) is 0 Å². The number of carbonyl (C=O) groups excluding carboxylic acids is 1. The molecule has 1 N–H and O–H groups in total. The van der Waals surface area contributed by atoms with Gasteiger partial charge in [0.2, 0.25) is 0 Å². The largest absolute Gasteiger partial charge is 0.480 e. The lowest BCUT2D eigenvalue weighted by Crippen LogP contribution is -2.37. The Morgan fingerprint density at radius 1 is 1.13 bits per heavy atom. The maximum atomic E-state index is 12.2. The molecule has 0 aliphatic carbocycles. The summed E-state index contributed by atoms with van der Waals surface area (Å²) in [5.41, 5.74) is 2.47. The number of aliphatic carboxylic acids is 1. The topological polar surface area (TPSA) is 66.8 Å². The minimum atomic E-state index is -0.940. The zero-order valence-corrected chi connectivity index (χ0v) is 18.1. The number of ether oxygens (including phenoxy) is 1. The lowest BCUT2D eigenvalue weighted by molar-refractivity contribution is -0.144. The lowest BCUT2D eigenvalue weighted by atomic mass is 10.0. The van der Waals surface area contributed by atoms with Gasteiger partial charge in [0, 0.05) is 29.1 Å². The number of carboxylic acid groups (broad SMARTS) is 1. The summed E-state index contributed by atoms with van der Waals surface area (Å²) in [6.45, 7) is 1.03. The van der Waals surface area contributed by atoms with Gasteiger partial charge in [-0.25, -0.2) is 4.79 Å². The summed E-state index contributed by atoms with van der Waals surface area (Å²) in [5, 5.41) is 10.8. The smallest absolute Gasteiger partial charge is 0.336 e. The van der Waals surface area contributed by atoms with E-state index in [9.17, 15) is 14.7 Å². The Morgan fingerprint density at radius 2 is 1.87 bits per heavy atom. The zero-order chi connectivity index (χ0) is 21.8. The number of esters is 1. The maximum Gasteiger partial charge on any atom is 0.336 e. The van der Waals surface area contributed by atoms with Crippen molar-refractivity contribution in [2.24, 2.45) is 0 Å². The van der Waals surface area contributed by atoms with Crippen molar-refractivity contribution >= 4 is 41.0 Å². The second-order valence-corrected chi connectivity index (χ2v) is 8.67. The van der Waals surface area contributed by atoms with Crippen LogP contribution >= 0.6 is 22.9 Å². The molecule has 7 heteroatoms. The van der Waals surface area contributed by atoms with Gasteiger partial charge in [-0.05, 0) is 41.3 Å². The Hall–Kier alpha value is -2.93. The molecular weight excluding hydrogens is 434 g/mol. The van der Waals surface area contributed by atoms with Crippen molar-refractivity contribution in [1.82, 2.24) is 4.90 Å². The fourth-order valence-electron chi connectivity index (χ4n) is 3.64. The summed E-state index contributed by atoms with van der Waals surface area (Å²) >= 11 is 7.70. The van der Waals surface area contributed by atoms with Gasteiger partial charge in [0.25, 0.3) is 0 Å². The molecule has 4 rings (SSSR count). The van der Waals surface area contributed by atoms with E-state index in [0.29, 0.717) is 35.2 Å². The fraction of sp³-hybridized carbons (Fsp3) is 0.167. The lowest BCUT2D eigenvalue weighted by Gasteiger charge is -2.32. The molecule has 158 valence electrons. The standard InChI is InChI=1S/C24H20ClNO4S/c25-19-9-5-4-8-18(19)23(24(28)29)26-13-12-20-17(15-26)14-22(31-20)30-21(27)11-10-16-6-2-1-3-7-16/h1-11,14,23H,12-13,15H2,(H,28,29)/b11-10+. The van der Waals surface area contributed by atoms with Crippen LogP contribution in [0.1, 0.15) is 27.6 Å². The van der Waals surface area contributed by atoms with Crippen molar-refractivity contribution in [2.45, 2.75) is 19.0 Å². The number of rotatable bonds is 6. The first-order chi connectivity index (χ1) is 15.0. The van der Waals surface area contributed by atoms with Gasteiger partial charge in [0.15, 0.2) is 5.06 Å². The van der Waals surface area contributed by atoms with E-state index in [1.165, 1.54) is 17.4 Å². The van der Waals surface area contributed by atoms with Gasteiger partial charge in [-0.3, -0.25) is 9.69 Å². The molecule has 0 saturated carbocycles. The number of carboxylic acids is 1. The van der Waals surface area contributed by atoms with Crippen LogP contribution in [0.4, 0.5) is 0 Å². The molecule has 5 nitrogen and oxygen atoms in total. The van der Waals surface area contributed by atoms with Crippen molar-refractivity contribution < 1.29 is 19.4 Å². The summed E-state index contributed by atoms with van der Waals surface area (Å²) in [6, 6.07) is 17.5. The van der Waals surface area contributed by atoms with Gasteiger partial charge in [0.05, 0.1) is 0 Å². The number of benzene rings is 2. The number of fused-ring (bicyclic) bond motifs is 1. The Kier molecular flexibility index (Phi) is 6.51. The molecule has 2 aromatic carbocycles. The Labute approximate surface area is 189 Å². The maximum absolute atomic E-state index is 12.2. The van der Waals surface area contributed by atoms with Crippen molar-refractivity contribution in [2.75, 3.05) is 6.54 Å². The molecule has 0 saturated heterocycles. The number of hydrogen-bond acceptors (Lipinski definition) is 5. The molecule has 1 aliphatic rings. The molecule has 0 amide bonds. The van der Waals surface area contributed by atoms with E-state index in [4.69, 9.17) is 16.3 Å². The van der Waals surface area contributed by atoms with Crippen LogP contribution in [0.2, 0.25) is 5.02 Å². The predicted molar refractivity (Wildman–Crippen MR) is 121 cm³/mol. The minimum absolute atomic E-state index is 0.436. The number of nitrogens with zero attached hydrogens (tertiary/aromatic N) is 1. The number of hydrogen-bond donors (Lipinski definition) is 1. The monoisotopic (exact) mass is 453 g/mol. The highest BCUT2D eigenvalue weighted by molar-refractivity contribution is 7.14. The molecule has 1 atom stereocenters. The van der Waals surface area contributed by atoms with Crippen LogP contribution in [0.3, 0.4) is 0 Å². The van der Waals surface area contributed by atoms with Crippen LogP contribution in [0, 0.1) is 0 Å². The fourth-order valence-corrected chi connectivity index (χ4v) is 4.90. The van der Waals surface area contributed by atoms with Crippen LogP contribution in [0.25, 0.3) is 6.08 Å². The zero-order valence-electron chi connectivity index (χ0n) is 16.5. The van der Waals surface area contributed by atoms with Crippen molar-refractivity contribution in [3.05, 3.63) is 93.3 Å². The highest BCUT2D eigenvalue weighted by Crippen LogP contribution is 2.37. The van der Waals surface area contributed by atoms with Crippen molar-refractivity contribution in [3.63, 3.8) is 0 Å². The van der Waals surface area contributed by atoms with Crippen molar-refractivity contribution in [1.29, 1.82) is 0 Å². The Bertz CT molecular complexity index is 1130. The van der Waals surface area contributed by atoms with E-state index in [1.54, 1.807) is 30.3 Å². The first kappa shape index (κ1) is 21.3. The van der Waals surface area contributed by atoms with E-state index >= 15 is 0 Å². The molecule has 2 heterocycles. The van der Waals surface area contributed by atoms with Crippen LogP contribution in [-0.2, 0) is 22.6 Å². The summed E-state index contributed by atoms with van der Waals surface area (Å²) in [6.07, 6.45) is 3.79. The molecule has 1 aromatic heterocycles. The molecule has 0 fully saturated rings. The molecule has 0 bridgehead atoms. The first-order valence-corrected chi connectivity index (χ1v) is 11.0. The molecule has 0 spiro atoms. The van der Waals surface area contributed by atoms with Gasteiger partial charge in [-0.1, -0.05) is 60.1 Å². The third-order valence-corrected chi connectivity index (χ3v) is 6.54. The van der Waals surface area contributed by atoms with Gasteiger partial charge < -0.3 is 9.84 Å². The Balaban J connectivity index is 1.47. The van der Waals surface area contributed by atoms with E-state index in [1.807, 2.05) is 41.3 Å². The quantitative estimate of drug-likeness (QED) is 0.410. The first-order valence-electron chi connectivity index (χ1n) is 9.79. The van der Waals surface area contributed by atoms with Crippen LogP contribution < -0.4 is 4.74 Å². The SMILES string of the molecule is O=C(/C=C/c1ccccc1)Oc1cc2c(s1)CCN(C(C(=O)O)c1ccccc1Cl)C2. The summed E-state index contributed by atoms with van der Waals surface area (Å²) in [5.74, 6) is -1.39. The summed E-state index contributed by atoms with van der Waals surface area (Å²) in [4.78, 5) is 27.2. The van der Waals surface area contributed by atoms with Gasteiger partial charge in [-0.2, -0.15) is 0 Å². The minimum Gasteiger partial charge on any atom is -0.480 e. The van der Waals surface area contributed by atoms with E-state index in [-0.39, 0.29) is 0 Å². The van der Waals surface area contributed by atoms with Crippen LogP contribution in [0.5, 0.6) is 5.06 Å². The number of carbonyl (C=O) groups is 2. The molecule has 1 aliphatic heterocycles. The average Bonchev–Trinajstić information content (AvgIpc) is 3.16. The summed E-state index contributed by atoms with van der Waals surface area (Å²) < 4.78 is 5.47. The average molecular weight is 454 g/mol. The van der Waals surface area contributed by atoms with Gasteiger partial charge in [-0.15, -0.1) is 11.3 Å². The van der Waals surface area contributed by atoms with Crippen molar-refractivity contribution in [3.8, 4) is 5.06 Å². The normalized spacial score (nSPS) is 14.9.